The van der Waals surface area contributed by atoms with Crippen molar-refractivity contribution in [2.24, 2.45) is 0 Å². The predicted molar refractivity (Wildman–Crippen MR) is 110 cm³/mol. The van der Waals surface area contributed by atoms with E-state index >= 15 is 0 Å². The van der Waals surface area contributed by atoms with Gasteiger partial charge in [0.25, 0.3) is 5.91 Å². The molecular weight excluding hydrogens is 392 g/mol. The lowest BCUT2D eigenvalue weighted by Gasteiger charge is -2.27. The van der Waals surface area contributed by atoms with Gasteiger partial charge >= 0.3 is 0 Å². The molecule has 0 unspecified atom stereocenters. The normalized spacial score (nSPS) is 16.9. The van der Waals surface area contributed by atoms with E-state index in [0.29, 0.717) is 17.1 Å². The summed E-state index contributed by atoms with van der Waals surface area (Å²) in [6.07, 6.45) is 2.15. The maximum atomic E-state index is 13.0. The third-order valence-electron chi connectivity index (χ3n) is 5.39. The number of nitrogens with one attached hydrogen (secondary N) is 1. The van der Waals surface area contributed by atoms with E-state index in [-0.39, 0.29) is 11.3 Å². The van der Waals surface area contributed by atoms with Crippen molar-refractivity contribution in [1.29, 1.82) is 0 Å². The molecule has 29 heavy (non-hydrogen) atoms. The number of halogens is 1. The minimum absolute atomic E-state index is 0.0300. The van der Waals surface area contributed by atoms with E-state index in [2.05, 4.69) is 13.8 Å². The molecule has 7 heteroatoms. The molecule has 0 radical (unpaired) electrons. The number of Topliss-reactive ketones (excluding diaryl/α,β-unsaturated/α-hetero) is 1. The Kier molecular flexibility index (Phi) is 6.77. The Morgan fingerprint density at radius 3 is 2.62 bits per heavy atom. The largest absolute Gasteiger partial charge is 0.503 e. The number of furan rings is 1. The number of rotatable bonds is 9. The van der Waals surface area contributed by atoms with Gasteiger partial charge in [-0.2, -0.15) is 0 Å². The topological polar surface area (TPSA) is 75.2 Å². The van der Waals surface area contributed by atoms with E-state index in [1.54, 1.807) is 35.2 Å². The van der Waals surface area contributed by atoms with Crippen LogP contribution >= 0.6 is 11.6 Å². The fourth-order valence-electron chi connectivity index (χ4n) is 3.78. The smallest absolute Gasteiger partial charge is 0.290 e. The summed E-state index contributed by atoms with van der Waals surface area (Å²) in [5, 5.41) is 11.1. The van der Waals surface area contributed by atoms with Gasteiger partial charge in [-0.1, -0.05) is 23.7 Å². The highest BCUT2D eigenvalue weighted by atomic mass is 35.5. The maximum Gasteiger partial charge on any atom is 0.290 e. The van der Waals surface area contributed by atoms with Crippen LogP contribution in [0.3, 0.4) is 0 Å². The number of carbonyl (C=O) groups is 2. The first-order chi connectivity index (χ1) is 14.0. The van der Waals surface area contributed by atoms with Crippen molar-refractivity contribution in [1.82, 2.24) is 4.90 Å². The number of aliphatic hydroxyl groups is 1. The average molecular weight is 418 g/mol. The van der Waals surface area contributed by atoms with Crippen LogP contribution < -0.4 is 4.90 Å². The lowest BCUT2D eigenvalue weighted by atomic mass is 9.95. The number of ketones is 1. The first-order valence-electron chi connectivity index (χ1n) is 9.89. The molecule has 2 aromatic rings. The van der Waals surface area contributed by atoms with Gasteiger partial charge in [-0.05, 0) is 43.7 Å². The number of aliphatic hydroxyl groups excluding tert-OH is 1. The van der Waals surface area contributed by atoms with Crippen LogP contribution in [0.1, 0.15) is 42.4 Å². The van der Waals surface area contributed by atoms with E-state index in [9.17, 15) is 14.7 Å². The second-order valence-electron chi connectivity index (χ2n) is 7.09. The molecule has 0 bridgehead atoms. The number of carbonyl (C=O) groups excluding carboxylic acids is 2. The van der Waals surface area contributed by atoms with Gasteiger partial charge in [0.15, 0.2) is 11.5 Å². The Hall–Kier alpha value is -2.57. The highest BCUT2D eigenvalue weighted by Gasteiger charge is 2.44. The molecule has 0 saturated heterocycles. The minimum atomic E-state index is -0.703. The molecule has 0 fully saturated rings. The van der Waals surface area contributed by atoms with Crippen LogP contribution in [0.2, 0.25) is 5.02 Å². The number of hydrogen-bond donors (Lipinski definition) is 2. The standard InChI is InChI=1S/C22H25ClN2O4/c1-3-24(4-2)11-7-12-25-19(15-8-5-9-16(23)14-15)18(21(27)22(25)28)20(26)17-10-6-13-29-17/h5-6,8-10,13-14,19,27H,3-4,7,11-12H2,1-2H3/p+1/t19-/m1/s1. The Bertz CT molecular complexity index is 903. The van der Waals surface area contributed by atoms with E-state index in [1.165, 1.54) is 17.2 Å². The number of amides is 1. The highest BCUT2D eigenvalue weighted by molar-refractivity contribution is 6.30. The molecule has 1 aromatic carbocycles. The van der Waals surface area contributed by atoms with Crippen LogP contribution in [0.5, 0.6) is 0 Å². The predicted octanol–water partition coefficient (Wildman–Crippen LogP) is 2.83. The molecule has 1 aliphatic heterocycles. The zero-order chi connectivity index (χ0) is 21.0. The van der Waals surface area contributed by atoms with Gasteiger partial charge in [0.2, 0.25) is 5.78 Å². The van der Waals surface area contributed by atoms with Crippen molar-refractivity contribution >= 4 is 23.3 Å². The van der Waals surface area contributed by atoms with Gasteiger partial charge in [0.1, 0.15) is 0 Å². The zero-order valence-electron chi connectivity index (χ0n) is 16.7. The Morgan fingerprint density at radius 2 is 2.00 bits per heavy atom. The molecule has 0 saturated carbocycles. The molecule has 1 aliphatic rings. The quantitative estimate of drug-likeness (QED) is 0.615. The van der Waals surface area contributed by atoms with E-state index in [4.69, 9.17) is 16.0 Å². The van der Waals surface area contributed by atoms with Crippen LogP contribution in [0.25, 0.3) is 0 Å². The molecule has 154 valence electrons. The Labute approximate surface area is 175 Å². The summed E-state index contributed by atoms with van der Waals surface area (Å²) in [7, 11) is 0. The van der Waals surface area contributed by atoms with Gasteiger partial charge in [-0.3, -0.25) is 9.59 Å². The monoisotopic (exact) mass is 417 g/mol. The lowest BCUT2D eigenvalue weighted by molar-refractivity contribution is -0.896. The summed E-state index contributed by atoms with van der Waals surface area (Å²) in [6.45, 7) is 7.60. The third kappa shape index (κ3) is 4.38. The van der Waals surface area contributed by atoms with Gasteiger partial charge in [0, 0.05) is 18.0 Å². The third-order valence-corrected chi connectivity index (χ3v) is 5.62. The SMILES string of the molecule is CC[NH+](CC)CCCN1C(=O)C(O)=C(C(=O)c2ccco2)[C@H]1c1cccc(Cl)c1. The molecule has 0 spiro atoms. The summed E-state index contributed by atoms with van der Waals surface area (Å²) in [6, 6.07) is 9.44. The average Bonchev–Trinajstić information content (AvgIpc) is 3.33. The van der Waals surface area contributed by atoms with Crippen molar-refractivity contribution in [3.63, 3.8) is 0 Å². The van der Waals surface area contributed by atoms with Crippen LogP contribution in [0.15, 0.2) is 58.4 Å². The van der Waals surface area contributed by atoms with Crippen LogP contribution in [0, 0.1) is 0 Å². The first kappa shape index (κ1) is 21.1. The summed E-state index contributed by atoms with van der Waals surface area (Å²) in [4.78, 5) is 28.9. The molecular formula is C22H26ClN2O4+. The molecule has 0 aliphatic carbocycles. The van der Waals surface area contributed by atoms with E-state index in [0.717, 1.165) is 26.1 Å². The lowest BCUT2D eigenvalue weighted by Crippen LogP contribution is -3.11. The van der Waals surface area contributed by atoms with Gasteiger partial charge in [-0.15, -0.1) is 0 Å². The molecule has 2 heterocycles. The van der Waals surface area contributed by atoms with Crippen molar-refractivity contribution < 1.29 is 24.0 Å². The molecule has 2 N–H and O–H groups in total. The Morgan fingerprint density at radius 1 is 1.24 bits per heavy atom. The van der Waals surface area contributed by atoms with Crippen molar-refractivity contribution in [3.8, 4) is 0 Å². The fraction of sp³-hybridized carbons (Fsp3) is 0.364. The zero-order valence-corrected chi connectivity index (χ0v) is 17.4. The van der Waals surface area contributed by atoms with Gasteiger partial charge < -0.3 is 19.3 Å². The van der Waals surface area contributed by atoms with Crippen molar-refractivity contribution in [3.05, 3.63) is 70.3 Å². The number of quaternary nitrogens is 1. The first-order valence-corrected chi connectivity index (χ1v) is 10.3. The molecule has 6 nitrogen and oxygen atoms in total. The van der Waals surface area contributed by atoms with Gasteiger partial charge in [-0.25, -0.2) is 0 Å². The van der Waals surface area contributed by atoms with Crippen molar-refractivity contribution in [2.45, 2.75) is 26.3 Å². The molecule has 3 rings (SSSR count). The second-order valence-corrected chi connectivity index (χ2v) is 7.52. The summed E-state index contributed by atoms with van der Waals surface area (Å²) in [5.41, 5.74) is 0.711. The summed E-state index contributed by atoms with van der Waals surface area (Å²) in [5.74, 6) is -1.48. The fourth-order valence-corrected chi connectivity index (χ4v) is 3.98. The van der Waals surface area contributed by atoms with Crippen LogP contribution in [0.4, 0.5) is 0 Å². The second kappa shape index (κ2) is 9.29. The number of nitrogens with zero attached hydrogens (tertiary/aromatic N) is 1. The van der Waals surface area contributed by atoms with Crippen LogP contribution in [-0.4, -0.2) is 47.9 Å². The van der Waals surface area contributed by atoms with Gasteiger partial charge in [0.05, 0.1) is 37.5 Å². The number of hydrogen-bond acceptors (Lipinski definition) is 4. The molecule has 1 aromatic heterocycles. The summed E-state index contributed by atoms with van der Waals surface area (Å²) < 4.78 is 5.22. The Balaban J connectivity index is 1.94. The van der Waals surface area contributed by atoms with Crippen molar-refractivity contribution in [2.75, 3.05) is 26.2 Å². The number of benzene rings is 1. The summed E-state index contributed by atoms with van der Waals surface area (Å²) >= 11 is 6.17. The maximum absolute atomic E-state index is 13.0. The van der Waals surface area contributed by atoms with E-state index < -0.39 is 23.5 Å². The minimum Gasteiger partial charge on any atom is -0.503 e. The van der Waals surface area contributed by atoms with E-state index in [1.807, 2.05) is 0 Å². The highest BCUT2D eigenvalue weighted by Crippen LogP contribution is 2.39. The molecule has 1 atom stereocenters. The molecule has 1 amide bonds. The van der Waals surface area contributed by atoms with Crippen LogP contribution in [-0.2, 0) is 4.79 Å².